The van der Waals surface area contributed by atoms with E-state index in [4.69, 9.17) is 4.74 Å². The summed E-state index contributed by atoms with van der Waals surface area (Å²) in [7, 11) is -0.981. The Bertz CT molecular complexity index is 247. The molecule has 0 radical (unpaired) electrons. The Kier molecular flexibility index (Phi) is 8.22. The van der Waals surface area contributed by atoms with Gasteiger partial charge in [-0.05, 0) is 13.3 Å². The van der Waals surface area contributed by atoms with Gasteiger partial charge in [-0.3, -0.25) is 0 Å². The highest BCUT2D eigenvalue weighted by Gasteiger charge is 2.18. The standard InChI is InChI=1S/C14H28O2Si/c1-6-7-11-17(4,5)12-9-8-10-16-14(15)13(2)3/h2,6-12H2,1,3-5H3. The molecule has 0 amide bonds. The minimum atomic E-state index is -0.981. The van der Waals surface area contributed by atoms with Gasteiger partial charge in [-0.25, -0.2) is 4.79 Å². The molecule has 0 rings (SSSR count). The summed E-state index contributed by atoms with van der Waals surface area (Å²) in [5.41, 5.74) is 0.489. The fraction of sp³-hybridized carbons (Fsp3) is 0.786. The van der Waals surface area contributed by atoms with Crippen LogP contribution in [-0.2, 0) is 9.53 Å². The molecule has 0 aliphatic heterocycles. The molecule has 0 heterocycles. The van der Waals surface area contributed by atoms with Gasteiger partial charge in [0.15, 0.2) is 0 Å². The van der Waals surface area contributed by atoms with Gasteiger partial charge < -0.3 is 4.74 Å². The van der Waals surface area contributed by atoms with Gasteiger partial charge in [-0.15, -0.1) is 0 Å². The molecule has 0 atom stereocenters. The maximum Gasteiger partial charge on any atom is 0.333 e. The molecule has 17 heavy (non-hydrogen) atoms. The van der Waals surface area contributed by atoms with Crippen LogP contribution < -0.4 is 0 Å². The average molecular weight is 256 g/mol. The van der Waals surface area contributed by atoms with E-state index in [1.807, 2.05) is 0 Å². The van der Waals surface area contributed by atoms with E-state index in [2.05, 4.69) is 26.6 Å². The highest BCUT2D eigenvalue weighted by molar-refractivity contribution is 6.77. The molecule has 0 aromatic carbocycles. The molecule has 0 saturated carbocycles. The van der Waals surface area contributed by atoms with Crippen LogP contribution in [0.2, 0.25) is 25.2 Å². The summed E-state index contributed by atoms with van der Waals surface area (Å²) in [5, 5.41) is 0. The summed E-state index contributed by atoms with van der Waals surface area (Å²) in [6, 6.07) is 2.77. The van der Waals surface area contributed by atoms with Gasteiger partial charge in [0.2, 0.25) is 0 Å². The van der Waals surface area contributed by atoms with Crippen molar-refractivity contribution in [2.45, 2.75) is 64.7 Å². The van der Waals surface area contributed by atoms with Crippen LogP contribution in [0.5, 0.6) is 0 Å². The lowest BCUT2D eigenvalue weighted by Gasteiger charge is -2.21. The molecular weight excluding hydrogens is 228 g/mol. The van der Waals surface area contributed by atoms with Crippen LogP contribution >= 0.6 is 0 Å². The second-order valence-corrected chi connectivity index (χ2v) is 11.0. The molecule has 0 unspecified atom stereocenters. The third-order valence-corrected chi connectivity index (χ3v) is 6.45. The normalized spacial score (nSPS) is 11.3. The second kappa shape index (κ2) is 8.51. The predicted octanol–water partition coefficient (Wildman–Crippen LogP) is 4.39. The minimum Gasteiger partial charge on any atom is -0.462 e. The second-order valence-electron chi connectivity index (χ2n) is 5.64. The number of ether oxygens (including phenoxy) is 1. The van der Waals surface area contributed by atoms with Crippen molar-refractivity contribution in [2.24, 2.45) is 0 Å². The lowest BCUT2D eigenvalue weighted by atomic mass is 10.3. The van der Waals surface area contributed by atoms with Crippen molar-refractivity contribution >= 4 is 14.0 Å². The zero-order valence-corrected chi connectivity index (χ0v) is 13.0. The Hall–Kier alpha value is -0.573. The molecule has 0 fully saturated rings. The van der Waals surface area contributed by atoms with E-state index in [0.717, 1.165) is 6.42 Å². The third kappa shape index (κ3) is 9.16. The number of carbonyl (C=O) groups excluding carboxylic acids is 1. The lowest BCUT2D eigenvalue weighted by molar-refractivity contribution is -0.139. The Morgan fingerprint density at radius 3 is 2.29 bits per heavy atom. The van der Waals surface area contributed by atoms with Gasteiger partial charge in [-0.1, -0.05) is 57.9 Å². The zero-order chi connectivity index (χ0) is 13.3. The maximum absolute atomic E-state index is 11.1. The molecule has 0 aromatic rings. The molecule has 0 aliphatic rings. The first-order chi connectivity index (χ1) is 7.89. The van der Waals surface area contributed by atoms with Crippen molar-refractivity contribution in [2.75, 3.05) is 6.61 Å². The molecule has 0 spiro atoms. The Labute approximate surface area is 107 Å². The molecule has 2 nitrogen and oxygen atoms in total. The van der Waals surface area contributed by atoms with Crippen LogP contribution in [0.25, 0.3) is 0 Å². The van der Waals surface area contributed by atoms with Crippen molar-refractivity contribution in [3.8, 4) is 0 Å². The van der Waals surface area contributed by atoms with E-state index >= 15 is 0 Å². The number of esters is 1. The molecule has 100 valence electrons. The van der Waals surface area contributed by atoms with Crippen LogP contribution in [0.3, 0.4) is 0 Å². The van der Waals surface area contributed by atoms with E-state index < -0.39 is 8.07 Å². The highest BCUT2D eigenvalue weighted by atomic mass is 28.3. The van der Waals surface area contributed by atoms with E-state index in [-0.39, 0.29) is 5.97 Å². The molecule has 0 aromatic heterocycles. The zero-order valence-electron chi connectivity index (χ0n) is 12.0. The van der Waals surface area contributed by atoms with E-state index in [9.17, 15) is 4.79 Å². The average Bonchev–Trinajstić information content (AvgIpc) is 2.25. The Morgan fingerprint density at radius 1 is 1.18 bits per heavy atom. The Balaban J connectivity index is 3.57. The summed E-state index contributed by atoms with van der Waals surface area (Å²) in [6.07, 6.45) is 4.84. The van der Waals surface area contributed by atoms with Crippen molar-refractivity contribution < 1.29 is 9.53 Å². The molecule has 3 heteroatoms. The summed E-state index contributed by atoms with van der Waals surface area (Å²) >= 11 is 0. The van der Waals surface area contributed by atoms with Gasteiger partial charge in [-0.2, -0.15) is 0 Å². The number of unbranched alkanes of at least 4 members (excludes halogenated alkanes) is 2. The van der Waals surface area contributed by atoms with Crippen LogP contribution in [0.4, 0.5) is 0 Å². The predicted molar refractivity (Wildman–Crippen MR) is 77.0 cm³/mol. The molecule has 0 N–H and O–H groups in total. The van der Waals surface area contributed by atoms with Gasteiger partial charge in [0.25, 0.3) is 0 Å². The fourth-order valence-electron chi connectivity index (χ4n) is 1.77. The first-order valence-corrected chi connectivity index (χ1v) is 10.1. The topological polar surface area (TPSA) is 26.3 Å². The number of hydrogen-bond donors (Lipinski definition) is 0. The largest absolute Gasteiger partial charge is 0.462 e. The molecular formula is C14H28O2Si. The molecule has 0 aliphatic carbocycles. The van der Waals surface area contributed by atoms with Gasteiger partial charge in [0.1, 0.15) is 0 Å². The highest BCUT2D eigenvalue weighted by Crippen LogP contribution is 2.21. The molecule has 0 saturated heterocycles. The van der Waals surface area contributed by atoms with E-state index in [0.29, 0.717) is 12.2 Å². The van der Waals surface area contributed by atoms with Crippen LogP contribution in [0.1, 0.15) is 39.5 Å². The van der Waals surface area contributed by atoms with E-state index in [1.165, 1.54) is 31.4 Å². The summed E-state index contributed by atoms with van der Waals surface area (Å²) in [4.78, 5) is 11.1. The smallest absolute Gasteiger partial charge is 0.333 e. The van der Waals surface area contributed by atoms with Gasteiger partial charge in [0, 0.05) is 13.6 Å². The summed E-state index contributed by atoms with van der Waals surface area (Å²) in [6.45, 7) is 13.0. The first-order valence-electron chi connectivity index (χ1n) is 6.71. The minimum absolute atomic E-state index is 0.257. The SMILES string of the molecule is C=C(C)C(=O)OCCCC[Si](C)(C)CCCC. The Morgan fingerprint density at radius 2 is 1.76 bits per heavy atom. The van der Waals surface area contributed by atoms with Crippen molar-refractivity contribution in [1.82, 2.24) is 0 Å². The summed E-state index contributed by atoms with van der Waals surface area (Å²) in [5.74, 6) is -0.257. The number of rotatable bonds is 9. The fourth-order valence-corrected chi connectivity index (χ4v) is 4.54. The van der Waals surface area contributed by atoms with Gasteiger partial charge in [0.05, 0.1) is 6.61 Å². The van der Waals surface area contributed by atoms with Crippen LogP contribution in [-0.4, -0.2) is 20.7 Å². The van der Waals surface area contributed by atoms with Crippen molar-refractivity contribution in [3.05, 3.63) is 12.2 Å². The van der Waals surface area contributed by atoms with Crippen LogP contribution in [0.15, 0.2) is 12.2 Å². The first kappa shape index (κ1) is 16.4. The lowest BCUT2D eigenvalue weighted by Crippen LogP contribution is -2.24. The van der Waals surface area contributed by atoms with Crippen molar-refractivity contribution in [1.29, 1.82) is 0 Å². The quantitative estimate of drug-likeness (QED) is 0.265. The number of hydrogen-bond acceptors (Lipinski definition) is 2. The van der Waals surface area contributed by atoms with Crippen molar-refractivity contribution in [3.63, 3.8) is 0 Å². The summed E-state index contributed by atoms with van der Waals surface area (Å²) < 4.78 is 5.08. The number of carbonyl (C=O) groups is 1. The van der Waals surface area contributed by atoms with E-state index in [1.54, 1.807) is 6.92 Å². The van der Waals surface area contributed by atoms with Crippen LogP contribution in [0, 0.1) is 0 Å². The maximum atomic E-state index is 11.1. The monoisotopic (exact) mass is 256 g/mol. The molecule has 0 bridgehead atoms. The van der Waals surface area contributed by atoms with Gasteiger partial charge >= 0.3 is 5.97 Å². The third-order valence-electron chi connectivity index (χ3n) is 3.04.